The zero-order valence-electron chi connectivity index (χ0n) is 8.11. The largest absolute Gasteiger partial charge is 0.399 e. The van der Waals surface area contributed by atoms with Crippen LogP contribution in [0.4, 0.5) is 17.3 Å². The van der Waals surface area contributed by atoms with E-state index in [2.05, 4.69) is 15.3 Å². The molecule has 0 radical (unpaired) electrons. The predicted octanol–water partition coefficient (Wildman–Crippen LogP) is 3.11. The molecule has 2 rings (SSSR count). The lowest BCUT2D eigenvalue weighted by Gasteiger charge is -2.07. The van der Waals surface area contributed by atoms with Gasteiger partial charge in [0.1, 0.15) is 0 Å². The van der Waals surface area contributed by atoms with E-state index in [9.17, 15) is 0 Å². The number of hydrogen-bond acceptors (Lipinski definition) is 4. The van der Waals surface area contributed by atoms with Gasteiger partial charge in [0, 0.05) is 5.69 Å². The van der Waals surface area contributed by atoms with E-state index >= 15 is 0 Å². The molecular formula is C10H8Cl2N4. The van der Waals surface area contributed by atoms with Crippen LogP contribution < -0.4 is 11.1 Å². The van der Waals surface area contributed by atoms with Gasteiger partial charge in [-0.05, 0) is 18.2 Å². The average molecular weight is 255 g/mol. The van der Waals surface area contributed by atoms with Crippen LogP contribution in [-0.2, 0) is 0 Å². The molecule has 0 unspecified atom stereocenters. The van der Waals surface area contributed by atoms with Crippen molar-refractivity contribution in [1.29, 1.82) is 0 Å². The molecule has 2 aromatic rings. The minimum absolute atomic E-state index is 0.414. The number of nitrogens with two attached hydrogens (primary N) is 1. The zero-order chi connectivity index (χ0) is 11.5. The van der Waals surface area contributed by atoms with Crippen LogP contribution in [0.2, 0.25) is 10.0 Å². The number of hydrogen-bond donors (Lipinski definition) is 2. The van der Waals surface area contributed by atoms with Crippen LogP contribution in [0.15, 0.2) is 30.6 Å². The Labute approximate surface area is 102 Å². The van der Waals surface area contributed by atoms with Gasteiger partial charge in [-0.15, -0.1) is 0 Å². The van der Waals surface area contributed by atoms with Gasteiger partial charge in [0.15, 0.2) is 0 Å². The summed E-state index contributed by atoms with van der Waals surface area (Å²) >= 11 is 11.7. The maximum atomic E-state index is 5.98. The topological polar surface area (TPSA) is 63.8 Å². The van der Waals surface area contributed by atoms with Crippen LogP contribution in [0.3, 0.4) is 0 Å². The van der Waals surface area contributed by atoms with Crippen molar-refractivity contribution in [3.63, 3.8) is 0 Å². The van der Waals surface area contributed by atoms with Crippen molar-refractivity contribution in [3.05, 3.63) is 40.6 Å². The summed E-state index contributed by atoms with van der Waals surface area (Å²) < 4.78 is 0. The minimum atomic E-state index is 0.414. The summed E-state index contributed by atoms with van der Waals surface area (Å²) in [4.78, 5) is 7.98. The Hall–Kier alpha value is -1.52. The van der Waals surface area contributed by atoms with Gasteiger partial charge >= 0.3 is 0 Å². The number of nitrogen functional groups attached to an aromatic ring is 1. The van der Waals surface area contributed by atoms with Gasteiger partial charge in [-0.3, -0.25) is 0 Å². The minimum Gasteiger partial charge on any atom is -0.399 e. The van der Waals surface area contributed by atoms with Gasteiger partial charge in [0.2, 0.25) is 5.95 Å². The maximum Gasteiger partial charge on any atom is 0.227 e. The monoisotopic (exact) mass is 254 g/mol. The van der Waals surface area contributed by atoms with Gasteiger partial charge in [-0.1, -0.05) is 23.2 Å². The highest BCUT2D eigenvalue weighted by Crippen LogP contribution is 2.26. The molecule has 0 atom stereocenters. The van der Waals surface area contributed by atoms with Crippen LogP contribution in [0, 0.1) is 0 Å². The molecule has 0 fully saturated rings. The van der Waals surface area contributed by atoms with E-state index in [0.717, 1.165) is 0 Å². The Kier molecular flexibility index (Phi) is 3.12. The first-order valence-electron chi connectivity index (χ1n) is 4.45. The van der Waals surface area contributed by atoms with E-state index in [4.69, 9.17) is 28.9 Å². The summed E-state index contributed by atoms with van der Waals surface area (Å²) in [5.74, 6) is 0.414. The van der Waals surface area contributed by atoms with Crippen molar-refractivity contribution in [2.75, 3.05) is 11.1 Å². The van der Waals surface area contributed by atoms with Gasteiger partial charge < -0.3 is 11.1 Å². The van der Waals surface area contributed by atoms with E-state index in [0.29, 0.717) is 27.4 Å². The Balaban J connectivity index is 2.26. The molecule has 0 aliphatic carbocycles. The number of benzene rings is 1. The van der Waals surface area contributed by atoms with Crippen LogP contribution in [0.25, 0.3) is 0 Å². The van der Waals surface area contributed by atoms with Crippen molar-refractivity contribution >= 4 is 40.5 Å². The number of rotatable bonds is 2. The van der Waals surface area contributed by atoms with Crippen molar-refractivity contribution in [1.82, 2.24) is 9.97 Å². The molecule has 3 N–H and O–H groups in total. The van der Waals surface area contributed by atoms with Crippen molar-refractivity contribution in [3.8, 4) is 0 Å². The van der Waals surface area contributed by atoms with Crippen LogP contribution in [0.1, 0.15) is 0 Å². The third kappa shape index (κ3) is 2.53. The first-order chi connectivity index (χ1) is 7.65. The molecule has 1 aromatic heterocycles. The number of nitrogens with zero attached hydrogens (tertiary/aromatic N) is 2. The van der Waals surface area contributed by atoms with Crippen LogP contribution in [0.5, 0.6) is 0 Å². The molecule has 0 aliphatic heterocycles. The Morgan fingerprint density at radius 3 is 2.50 bits per heavy atom. The van der Waals surface area contributed by atoms with Gasteiger partial charge in [-0.25, -0.2) is 9.97 Å². The molecule has 1 aromatic carbocycles. The third-order valence-electron chi connectivity index (χ3n) is 1.86. The molecule has 0 aliphatic rings. The molecule has 16 heavy (non-hydrogen) atoms. The second kappa shape index (κ2) is 4.55. The first kappa shape index (κ1) is 11.0. The van der Waals surface area contributed by atoms with Crippen molar-refractivity contribution < 1.29 is 0 Å². The SMILES string of the molecule is Nc1ccc(Cl)c(Nc2ncc(Cl)cn2)c1. The first-order valence-corrected chi connectivity index (χ1v) is 5.20. The van der Waals surface area contributed by atoms with Crippen LogP contribution >= 0.6 is 23.2 Å². The van der Waals surface area contributed by atoms with Gasteiger partial charge in [0.05, 0.1) is 28.1 Å². The summed E-state index contributed by atoms with van der Waals surface area (Å²) in [6, 6.07) is 5.13. The quantitative estimate of drug-likeness (QED) is 0.809. The molecule has 0 spiro atoms. The molecule has 0 amide bonds. The molecular weight excluding hydrogens is 247 g/mol. The Morgan fingerprint density at radius 1 is 1.12 bits per heavy atom. The lowest BCUT2D eigenvalue weighted by Crippen LogP contribution is -1.97. The Bertz CT molecular complexity index is 499. The maximum absolute atomic E-state index is 5.98. The summed E-state index contributed by atoms with van der Waals surface area (Å²) in [6.07, 6.45) is 2.99. The third-order valence-corrected chi connectivity index (χ3v) is 2.38. The molecule has 82 valence electrons. The molecule has 6 heteroatoms. The van der Waals surface area contributed by atoms with Gasteiger partial charge in [0.25, 0.3) is 0 Å². The highest BCUT2D eigenvalue weighted by molar-refractivity contribution is 6.33. The lowest BCUT2D eigenvalue weighted by molar-refractivity contribution is 1.17. The zero-order valence-corrected chi connectivity index (χ0v) is 9.63. The number of anilines is 3. The summed E-state index contributed by atoms with van der Waals surface area (Å²) in [6.45, 7) is 0. The molecule has 0 saturated carbocycles. The smallest absolute Gasteiger partial charge is 0.227 e. The summed E-state index contributed by atoms with van der Waals surface area (Å²) in [5.41, 5.74) is 6.91. The molecule has 0 bridgehead atoms. The fourth-order valence-electron chi connectivity index (χ4n) is 1.14. The summed E-state index contributed by atoms with van der Waals surface area (Å²) in [5, 5.41) is 3.97. The van der Waals surface area contributed by atoms with Crippen molar-refractivity contribution in [2.24, 2.45) is 0 Å². The number of nitrogens with one attached hydrogen (secondary N) is 1. The fourth-order valence-corrected chi connectivity index (χ4v) is 1.40. The second-order valence-corrected chi connectivity index (χ2v) is 3.93. The lowest BCUT2D eigenvalue weighted by atomic mass is 10.3. The van der Waals surface area contributed by atoms with E-state index in [1.807, 2.05) is 0 Å². The highest BCUT2D eigenvalue weighted by Gasteiger charge is 2.02. The van der Waals surface area contributed by atoms with E-state index in [1.165, 1.54) is 12.4 Å². The highest BCUT2D eigenvalue weighted by atomic mass is 35.5. The van der Waals surface area contributed by atoms with E-state index < -0.39 is 0 Å². The van der Waals surface area contributed by atoms with Crippen LogP contribution in [-0.4, -0.2) is 9.97 Å². The summed E-state index contributed by atoms with van der Waals surface area (Å²) in [7, 11) is 0. The fraction of sp³-hybridized carbons (Fsp3) is 0. The van der Waals surface area contributed by atoms with E-state index in [-0.39, 0.29) is 0 Å². The number of aromatic nitrogens is 2. The van der Waals surface area contributed by atoms with E-state index in [1.54, 1.807) is 18.2 Å². The van der Waals surface area contributed by atoms with Crippen molar-refractivity contribution in [2.45, 2.75) is 0 Å². The Morgan fingerprint density at radius 2 is 1.81 bits per heavy atom. The second-order valence-electron chi connectivity index (χ2n) is 3.09. The molecule has 4 nitrogen and oxygen atoms in total. The predicted molar refractivity (Wildman–Crippen MR) is 66.2 cm³/mol. The standard InChI is InChI=1S/C10H8Cl2N4/c11-6-4-14-10(15-5-6)16-9-3-7(13)1-2-8(9)12/h1-5H,13H2,(H,14,15,16). The normalized spacial score (nSPS) is 10.1. The molecule has 1 heterocycles. The number of halogens is 2. The van der Waals surface area contributed by atoms with Gasteiger partial charge in [-0.2, -0.15) is 0 Å². The average Bonchev–Trinajstić information content (AvgIpc) is 2.27. The molecule has 0 saturated heterocycles.